The second kappa shape index (κ2) is 13.9. The van der Waals surface area contributed by atoms with Crippen LogP contribution in [0.4, 0.5) is 0 Å². The molecule has 6 heteroatoms. The van der Waals surface area contributed by atoms with Gasteiger partial charge in [0.1, 0.15) is 0 Å². The minimum absolute atomic E-state index is 1.00. The van der Waals surface area contributed by atoms with Crippen molar-refractivity contribution in [2.45, 2.75) is 0 Å². The van der Waals surface area contributed by atoms with E-state index in [9.17, 15) is 0 Å². The lowest BCUT2D eigenvalue weighted by atomic mass is 10.3. The van der Waals surface area contributed by atoms with Gasteiger partial charge in [0.15, 0.2) is 0 Å². The maximum Gasteiger partial charge on any atom is 0.0912 e. The van der Waals surface area contributed by atoms with Crippen molar-refractivity contribution < 1.29 is 8.97 Å². The monoisotopic (exact) mass is 376 g/mol. The molecule has 0 aliphatic carbocycles. The van der Waals surface area contributed by atoms with Crippen molar-refractivity contribution in [3.8, 4) is 0 Å². The highest BCUT2D eigenvalue weighted by Gasteiger charge is 2.21. The summed E-state index contributed by atoms with van der Waals surface area (Å²) in [4.78, 5) is 9.11. The minimum Gasteiger partial charge on any atom is -0.333 e. The standard InChI is InChI=1S/C7H17N2.C6H14N2.C4H12N.C3H9N/c1-8-4-6-9(2,3)7-5-8;1-7-3-5-8(2)6-4-7;1-5(2,3)4;1-4(2)3/h4-7H2,1-3H3;3-6H2,1-2H3;1-4H3;1-3H3/q+1;;+1;. The van der Waals surface area contributed by atoms with E-state index in [0.29, 0.717) is 0 Å². The molecule has 0 saturated carbocycles. The normalized spacial score (nSPS) is 21.6. The first-order valence-electron chi connectivity index (χ1n) is 9.90. The van der Waals surface area contributed by atoms with E-state index in [4.69, 9.17) is 0 Å². The molecule has 2 aliphatic heterocycles. The highest BCUT2D eigenvalue weighted by atomic mass is 15.4. The van der Waals surface area contributed by atoms with Crippen LogP contribution in [0.3, 0.4) is 0 Å². The Morgan fingerprint density at radius 3 is 1.00 bits per heavy atom. The molecule has 0 unspecified atom stereocenters. The third-order valence-electron chi connectivity index (χ3n) is 3.90. The zero-order valence-corrected chi connectivity index (χ0v) is 20.3. The first-order valence-corrected chi connectivity index (χ1v) is 9.90. The first kappa shape index (κ1) is 28.0. The largest absolute Gasteiger partial charge is 0.333 e. The van der Waals surface area contributed by atoms with Crippen molar-refractivity contribution >= 4 is 0 Å². The van der Waals surface area contributed by atoms with E-state index in [-0.39, 0.29) is 0 Å². The van der Waals surface area contributed by atoms with Crippen LogP contribution in [0.2, 0.25) is 0 Å². The maximum atomic E-state index is 2.39. The fourth-order valence-electron chi connectivity index (χ4n) is 2.01. The van der Waals surface area contributed by atoms with Crippen molar-refractivity contribution in [1.29, 1.82) is 0 Å². The molecule has 0 aromatic rings. The van der Waals surface area contributed by atoms with Crippen molar-refractivity contribution in [2.75, 3.05) is 137 Å². The van der Waals surface area contributed by atoms with Gasteiger partial charge in [0.2, 0.25) is 0 Å². The number of rotatable bonds is 0. The Bertz CT molecular complexity index is 288. The van der Waals surface area contributed by atoms with Gasteiger partial charge in [-0.1, -0.05) is 0 Å². The van der Waals surface area contributed by atoms with E-state index in [1.807, 2.05) is 26.0 Å². The number of nitrogens with zero attached hydrogens (tertiary/aromatic N) is 6. The molecular formula is C20H52N6+2. The number of hydrogen-bond donors (Lipinski definition) is 0. The van der Waals surface area contributed by atoms with Crippen LogP contribution in [-0.4, -0.2) is 165 Å². The van der Waals surface area contributed by atoms with Gasteiger partial charge in [0.05, 0.1) is 55.4 Å². The molecule has 2 saturated heterocycles. The molecule has 0 atom stereocenters. The average molecular weight is 377 g/mol. The Hall–Kier alpha value is -0.240. The lowest BCUT2D eigenvalue weighted by molar-refractivity contribution is -0.894. The summed E-state index contributed by atoms with van der Waals surface area (Å²) in [6.45, 7) is 10.0. The van der Waals surface area contributed by atoms with Gasteiger partial charge in [-0.05, 0) is 42.3 Å². The van der Waals surface area contributed by atoms with Crippen LogP contribution in [0.1, 0.15) is 0 Å². The SMILES string of the molecule is CN(C)C.CN1CCN(C)CC1.CN1CC[N+](C)(C)CC1.C[N+](C)(C)C. The van der Waals surface area contributed by atoms with E-state index in [2.05, 4.69) is 78.1 Å². The zero-order chi connectivity index (χ0) is 21.0. The Balaban J connectivity index is 0. The molecule has 0 amide bonds. The molecule has 26 heavy (non-hydrogen) atoms. The Labute approximate surface area is 166 Å². The summed E-state index contributed by atoms with van der Waals surface area (Å²) in [6.07, 6.45) is 0. The molecule has 0 spiro atoms. The van der Waals surface area contributed by atoms with Crippen LogP contribution >= 0.6 is 0 Å². The summed E-state index contributed by atoms with van der Waals surface area (Å²) in [5.74, 6) is 0. The summed E-state index contributed by atoms with van der Waals surface area (Å²) >= 11 is 0. The van der Waals surface area contributed by atoms with Crippen molar-refractivity contribution in [1.82, 2.24) is 19.6 Å². The fourth-order valence-corrected chi connectivity index (χ4v) is 2.01. The van der Waals surface area contributed by atoms with Crippen molar-refractivity contribution in [3.63, 3.8) is 0 Å². The Morgan fingerprint density at radius 2 is 0.808 bits per heavy atom. The van der Waals surface area contributed by atoms with Crippen LogP contribution in [0.15, 0.2) is 0 Å². The first-order chi connectivity index (χ1) is 11.6. The summed E-state index contributed by atoms with van der Waals surface area (Å²) < 4.78 is 2.20. The van der Waals surface area contributed by atoms with Gasteiger partial charge in [-0.2, -0.15) is 0 Å². The zero-order valence-electron chi connectivity index (χ0n) is 20.3. The van der Waals surface area contributed by atoms with Crippen LogP contribution < -0.4 is 0 Å². The summed E-state index contributed by atoms with van der Waals surface area (Å²) in [7, 11) is 25.6. The predicted octanol–water partition coefficient (Wildman–Crippen LogP) is 0.372. The summed E-state index contributed by atoms with van der Waals surface area (Å²) in [5, 5.41) is 0. The van der Waals surface area contributed by atoms with Gasteiger partial charge in [0.25, 0.3) is 0 Å². The third kappa shape index (κ3) is 26.0. The molecule has 0 aromatic carbocycles. The van der Waals surface area contributed by atoms with Gasteiger partial charge in [-0.15, -0.1) is 0 Å². The molecule has 160 valence electrons. The van der Waals surface area contributed by atoms with Crippen LogP contribution in [-0.2, 0) is 0 Å². The summed E-state index contributed by atoms with van der Waals surface area (Å²) in [5.41, 5.74) is 0. The third-order valence-corrected chi connectivity index (χ3v) is 3.90. The smallest absolute Gasteiger partial charge is 0.0912 e. The molecule has 0 N–H and O–H groups in total. The van der Waals surface area contributed by atoms with E-state index >= 15 is 0 Å². The molecule has 2 aliphatic rings. The Morgan fingerprint density at radius 1 is 0.615 bits per heavy atom. The number of hydrogen-bond acceptors (Lipinski definition) is 4. The topological polar surface area (TPSA) is 13.0 Å². The van der Waals surface area contributed by atoms with Gasteiger partial charge < -0.3 is 23.7 Å². The van der Waals surface area contributed by atoms with E-state index < -0.39 is 0 Å². The molecule has 0 aromatic heterocycles. The minimum atomic E-state index is 1.00. The summed E-state index contributed by atoms with van der Waals surface area (Å²) in [6, 6.07) is 0. The van der Waals surface area contributed by atoms with E-state index in [1.165, 1.54) is 56.8 Å². The van der Waals surface area contributed by atoms with Crippen LogP contribution in [0.5, 0.6) is 0 Å². The van der Waals surface area contributed by atoms with Gasteiger partial charge in [-0.3, -0.25) is 4.90 Å². The molecule has 2 heterocycles. The molecule has 6 nitrogen and oxygen atoms in total. The lowest BCUT2D eigenvalue weighted by Crippen LogP contribution is -2.53. The van der Waals surface area contributed by atoms with E-state index in [0.717, 1.165) is 4.48 Å². The molecule has 0 bridgehead atoms. The Kier molecular flexibility index (Phi) is 14.9. The van der Waals surface area contributed by atoms with Gasteiger partial charge >= 0.3 is 0 Å². The second-order valence-corrected chi connectivity index (χ2v) is 10.3. The van der Waals surface area contributed by atoms with Gasteiger partial charge in [-0.25, -0.2) is 0 Å². The maximum absolute atomic E-state index is 2.39. The molecule has 0 radical (unpaired) electrons. The van der Waals surface area contributed by atoms with Crippen molar-refractivity contribution in [2.24, 2.45) is 0 Å². The second-order valence-electron chi connectivity index (χ2n) is 10.3. The molecule has 2 rings (SSSR count). The van der Waals surface area contributed by atoms with Crippen molar-refractivity contribution in [3.05, 3.63) is 0 Å². The average Bonchev–Trinajstić information content (AvgIpc) is 2.44. The quantitative estimate of drug-likeness (QED) is 0.567. The highest BCUT2D eigenvalue weighted by Crippen LogP contribution is 2.03. The van der Waals surface area contributed by atoms with Crippen LogP contribution in [0, 0.1) is 0 Å². The van der Waals surface area contributed by atoms with Gasteiger partial charge in [0, 0.05) is 39.3 Å². The fraction of sp³-hybridized carbons (Fsp3) is 1.00. The predicted molar refractivity (Wildman–Crippen MR) is 118 cm³/mol. The van der Waals surface area contributed by atoms with Crippen LogP contribution in [0.25, 0.3) is 0 Å². The number of likely N-dealkylation sites (N-methyl/N-ethyl adjacent to an activating group) is 4. The molecular weight excluding hydrogens is 324 g/mol. The highest BCUT2D eigenvalue weighted by molar-refractivity contribution is 4.64. The lowest BCUT2D eigenvalue weighted by Gasteiger charge is -2.37. The number of piperazine rings is 2. The molecule has 2 fully saturated rings. The van der Waals surface area contributed by atoms with E-state index in [1.54, 1.807) is 0 Å². The number of quaternary nitrogens is 2.